The highest BCUT2D eigenvalue weighted by molar-refractivity contribution is 5.65. The second-order valence-electron chi connectivity index (χ2n) is 3.68. The average molecular weight is 242 g/mol. The van der Waals surface area contributed by atoms with Crippen molar-refractivity contribution in [3.05, 3.63) is 27.9 Å². The third-order valence-electron chi connectivity index (χ3n) is 2.71. The Hall–Kier alpha value is -2.05. The van der Waals surface area contributed by atoms with Crippen molar-refractivity contribution in [3.8, 4) is 5.75 Å². The lowest BCUT2D eigenvalue weighted by Crippen LogP contribution is -2.39. The van der Waals surface area contributed by atoms with Crippen molar-refractivity contribution in [2.45, 2.75) is 13.1 Å². The summed E-state index contributed by atoms with van der Waals surface area (Å²) >= 11 is 0. The predicted octanol–water partition coefficient (Wildman–Crippen LogP) is 0.490. The molecule has 0 aliphatic carbocycles. The smallest absolute Gasteiger partial charge is 0.407 e. The Morgan fingerprint density at radius 3 is 2.82 bits per heavy atom. The summed E-state index contributed by atoms with van der Waals surface area (Å²) in [6, 6.07) is 1.21. The van der Waals surface area contributed by atoms with Gasteiger partial charge < -0.3 is 19.3 Å². The Morgan fingerprint density at radius 2 is 2.24 bits per heavy atom. The summed E-state index contributed by atoms with van der Waals surface area (Å²) in [5, 5.41) is 8.82. The maximum absolute atomic E-state index is 13.8. The number of rotatable bonds is 1. The third-order valence-corrected chi connectivity index (χ3v) is 2.71. The van der Waals surface area contributed by atoms with Gasteiger partial charge in [0.05, 0.1) is 13.7 Å². The van der Waals surface area contributed by atoms with Crippen LogP contribution in [-0.2, 0) is 13.1 Å². The van der Waals surface area contributed by atoms with Crippen LogP contribution in [0.3, 0.4) is 0 Å². The van der Waals surface area contributed by atoms with Crippen molar-refractivity contribution in [3.63, 3.8) is 0 Å². The van der Waals surface area contributed by atoms with Gasteiger partial charge in [0.2, 0.25) is 17.1 Å². The molecule has 1 amide bonds. The van der Waals surface area contributed by atoms with Crippen LogP contribution in [0, 0.1) is 5.95 Å². The van der Waals surface area contributed by atoms with E-state index in [1.165, 1.54) is 17.7 Å². The number of carboxylic acid groups (broad SMARTS) is 1. The van der Waals surface area contributed by atoms with Crippen molar-refractivity contribution in [1.29, 1.82) is 0 Å². The topological polar surface area (TPSA) is 71.8 Å². The van der Waals surface area contributed by atoms with Crippen LogP contribution in [-0.4, -0.2) is 34.3 Å². The predicted molar refractivity (Wildman–Crippen MR) is 55.6 cm³/mol. The molecule has 0 aromatic carbocycles. The first kappa shape index (κ1) is 11.4. The first-order chi connectivity index (χ1) is 8.04. The summed E-state index contributed by atoms with van der Waals surface area (Å²) in [6.45, 7) is 0.362. The van der Waals surface area contributed by atoms with Gasteiger partial charge in [0.25, 0.3) is 0 Å². The molecule has 6 nitrogen and oxygen atoms in total. The molecule has 2 heterocycles. The zero-order valence-electron chi connectivity index (χ0n) is 9.14. The van der Waals surface area contributed by atoms with Gasteiger partial charge in [0, 0.05) is 24.8 Å². The molecule has 0 spiro atoms. The minimum atomic E-state index is -1.08. The fourth-order valence-electron chi connectivity index (χ4n) is 1.86. The number of pyridine rings is 1. The molecule has 0 atom stereocenters. The molecule has 0 unspecified atom stereocenters. The van der Waals surface area contributed by atoms with E-state index in [4.69, 9.17) is 5.11 Å². The van der Waals surface area contributed by atoms with Crippen LogP contribution >= 0.6 is 0 Å². The number of fused-ring (bicyclic) bond motifs is 1. The standard InChI is InChI=1S/C10H11FN2O4/c1-17-8-7(14)4-6-5-12(10(15)16)2-3-13(6)9(8)11/h4H,2-3,5H2,1H3,(H,15,16). The number of aromatic nitrogens is 1. The van der Waals surface area contributed by atoms with Gasteiger partial charge >= 0.3 is 6.09 Å². The molecule has 1 N–H and O–H groups in total. The maximum atomic E-state index is 13.8. The van der Waals surface area contributed by atoms with Gasteiger partial charge in [-0.25, -0.2) is 4.79 Å². The molecule has 1 aliphatic heterocycles. The van der Waals surface area contributed by atoms with E-state index in [1.807, 2.05) is 0 Å². The number of methoxy groups -OCH3 is 1. The number of hydrogen-bond donors (Lipinski definition) is 1. The lowest BCUT2D eigenvalue weighted by atomic mass is 10.2. The molecule has 0 saturated heterocycles. The van der Waals surface area contributed by atoms with Crippen LogP contribution in [0.15, 0.2) is 10.9 Å². The molecular weight excluding hydrogens is 231 g/mol. The Bertz CT molecular complexity index is 526. The number of carbonyl (C=O) groups is 1. The Morgan fingerprint density at radius 1 is 1.53 bits per heavy atom. The average Bonchev–Trinajstić information content (AvgIpc) is 2.28. The highest BCUT2D eigenvalue weighted by Gasteiger charge is 2.24. The van der Waals surface area contributed by atoms with E-state index < -0.39 is 17.5 Å². The van der Waals surface area contributed by atoms with E-state index in [2.05, 4.69) is 4.74 Å². The summed E-state index contributed by atoms with van der Waals surface area (Å²) in [5.41, 5.74) is -0.245. The summed E-state index contributed by atoms with van der Waals surface area (Å²) in [6.07, 6.45) is -1.08. The molecule has 92 valence electrons. The van der Waals surface area contributed by atoms with Crippen LogP contribution in [0.1, 0.15) is 5.69 Å². The number of amides is 1. The van der Waals surface area contributed by atoms with Crippen LogP contribution in [0.5, 0.6) is 5.75 Å². The summed E-state index contributed by atoms with van der Waals surface area (Å²) in [7, 11) is 1.22. The van der Waals surface area contributed by atoms with Crippen LogP contribution in [0.2, 0.25) is 0 Å². The first-order valence-electron chi connectivity index (χ1n) is 4.98. The molecule has 1 aliphatic rings. The van der Waals surface area contributed by atoms with E-state index in [-0.39, 0.29) is 25.4 Å². The van der Waals surface area contributed by atoms with Crippen LogP contribution in [0.25, 0.3) is 0 Å². The Kier molecular flexibility index (Phi) is 2.74. The van der Waals surface area contributed by atoms with Crippen molar-refractivity contribution < 1.29 is 19.0 Å². The van der Waals surface area contributed by atoms with Gasteiger partial charge in [-0.3, -0.25) is 4.79 Å². The molecule has 7 heteroatoms. The third kappa shape index (κ3) is 1.83. The van der Waals surface area contributed by atoms with Crippen molar-refractivity contribution >= 4 is 6.09 Å². The Labute approximate surface area is 95.8 Å². The maximum Gasteiger partial charge on any atom is 0.407 e. The van der Waals surface area contributed by atoms with E-state index >= 15 is 0 Å². The largest absolute Gasteiger partial charge is 0.489 e. The Balaban J connectivity index is 2.48. The summed E-state index contributed by atoms with van der Waals surface area (Å²) in [5.74, 6) is -1.09. The van der Waals surface area contributed by atoms with Crippen LogP contribution in [0.4, 0.5) is 9.18 Å². The summed E-state index contributed by atoms with van der Waals surface area (Å²) in [4.78, 5) is 23.4. The first-order valence-corrected chi connectivity index (χ1v) is 4.98. The zero-order chi connectivity index (χ0) is 12.6. The van der Waals surface area contributed by atoms with Crippen molar-refractivity contribution in [2.75, 3.05) is 13.7 Å². The van der Waals surface area contributed by atoms with E-state index in [0.717, 1.165) is 4.90 Å². The van der Waals surface area contributed by atoms with Gasteiger partial charge in [-0.15, -0.1) is 0 Å². The van der Waals surface area contributed by atoms with Crippen molar-refractivity contribution in [1.82, 2.24) is 9.47 Å². The molecule has 0 bridgehead atoms. The number of nitrogens with zero attached hydrogens (tertiary/aromatic N) is 2. The fraction of sp³-hybridized carbons (Fsp3) is 0.400. The van der Waals surface area contributed by atoms with E-state index in [0.29, 0.717) is 5.69 Å². The zero-order valence-corrected chi connectivity index (χ0v) is 9.14. The van der Waals surface area contributed by atoms with Gasteiger partial charge in [-0.1, -0.05) is 0 Å². The molecule has 1 aromatic heterocycles. The lowest BCUT2D eigenvalue weighted by Gasteiger charge is -2.28. The van der Waals surface area contributed by atoms with Crippen LogP contribution < -0.4 is 10.2 Å². The second kappa shape index (κ2) is 4.08. The normalized spacial score (nSPS) is 14.4. The highest BCUT2D eigenvalue weighted by atomic mass is 19.1. The second-order valence-corrected chi connectivity index (χ2v) is 3.68. The fourth-order valence-corrected chi connectivity index (χ4v) is 1.86. The molecule has 17 heavy (non-hydrogen) atoms. The number of ether oxygens (including phenoxy) is 1. The minimum Gasteiger partial charge on any atom is -0.489 e. The summed E-state index contributed by atoms with van der Waals surface area (Å²) < 4.78 is 19.8. The number of halogens is 1. The van der Waals surface area contributed by atoms with Gasteiger partial charge in [0.1, 0.15) is 0 Å². The molecule has 0 saturated carbocycles. The monoisotopic (exact) mass is 242 g/mol. The van der Waals surface area contributed by atoms with E-state index in [1.54, 1.807) is 0 Å². The van der Waals surface area contributed by atoms with Gasteiger partial charge in [-0.2, -0.15) is 4.39 Å². The minimum absolute atomic E-state index is 0.00544. The van der Waals surface area contributed by atoms with Crippen molar-refractivity contribution in [2.24, 2.45) is 0 Å². The molecule has 0 fully saturated rings. The molecule has 0 radical (unpaired) electrons. The van der Waals surface area contributed by atoms with E-state index in [9.17, 15) is 14.0 Å². The molecule has 1 aromatic rings. The number of hydrogen-bond acceptors (Lipinski definition) is 3. The van der Waals surface area contributed by atoms with Gasteiger partial charge in [-0.05, 0) is 0 Å². The quantitative estimate of drug-likeness (QED) is 0.727. The lowest BCUT2D eigenvalue weighted by molar-refractivity contribution is 0.129. The van der Waals surface area contributed by atoms with Gasteiger partial charge in [0.15, 0.2) is 0 Å². The SMILES string of the molecule is COc1c(F)n2c(cc1=O)CN(C(=O)O)CC2. The molecule has 2 rings (SSSR count). The highest BCUT2D eigenvalue weighted by Crippen LogP contribution is 2.18. The molecular formula is C10H11FN2O4.